The standard InChI is InChI=1S/C17H22N4/c1-5-9-15(14-10-7-6-8-11-14)17(4,13-19)21-20-16(2,3)12-18/h6-8,10-11,15H,5,9H2,1-4H3. The van der Waals surface area contributed by atoms with Crippen molar-refractivity contribution < 1.29 is 0 Å². The molecule has 4 heteroatoms. The van der Waals surface area contributed by atoms with Gasteiger partial charge in [0.2, 0.25) is 0 Å². The Bertz CT molecular complexity index is 563. The third-order valence-electron chi connectivity index (χ3n) is 3.47. The first-order valence-electron chi connectivity index (χ1n) is 7.20. The summed E-state index contributed by atoms with van der Waals surface area (Å²) in [6.45, 7) is 7.25. The lowest BCUT2D eigenvalue weighted by Gasteiger charge is -2.28. The van der Waals surface area contributed by atoms with Gasteiger partial charge >= 0.3 is 0 Å². The predicted molar refractivity (Wildman–Crippen MR) is 82.7 cm³/mol. The molecule has 0 spiro atoms. The van der Waals surface area contributed by atoms with Crippen LogP contribution in [0.5, 0.6) is 0 Å². The van der Waals surface area contributed by atoms with Crippen LogP contribution < -0.4 is 0 Å². The highest BCUT2D eigenvalue weighted by Crippen LogP contribution is 2.36. The molecule has 0 saturated carbocycles. The first-order valence-corrected chi connectivity index (χ1v) is 7.20. The number of rotatable bonds is 6. The summed E-state index contributed by atoms with van der Waals surface area (Å²) in [5.41, 5.74) is -0.797. The van der Waals surface area contributed by atoms with Crippen LogP contribution in [0.15, 0.2) is 40.6 Å². The highest BCUT2D eigenvalue weighted by molar-refractivity contribution is 5.28. The van der Waals surface area contributed by atoms with Gasteiger partial charge in [0.15, 0.2) is 11.1 Å². The van der Waals surface area contributed by atoms with Crippen LogP contribution in [0.4, 0.5) is 0 Å². The minimum absolute atomic E-state index is 0.0352. The molecule has 0 heterocycles. The summed E-state index contributed by atoms with van der Waals surface area (Å²) in [7, 11) is 0. The Morgan fingerprint density at radius 2 is 1.67 bits per heavy atom. The molecule has 0 radical (unpaired) electrons. The topological polar surface area (TPSA) is 72.3 Å². The summed E-state index contributed by atoms with van der Waals surface area (Å²) < 4.78 is 0. The van der Waals surface area contributed by atoms with Gasteiger partial charge in [-0.2, -0.15) is 20.8 Å². The third kappa shape index (κ3) is 4.39. The van der Waals surface area contributed by atoms with Crippen molar-refractivity contribution >= 4 is 0 Å². The Labute approximate surface area is 127 Å². The summed E-state index contributed by atoms with van der Waals surface area (Å²) in [5.74, 6) is -0.0352. The minimum atomic E-state index is -0.967. The van der Waals surface area contributed by atoms with Crippen molar-refractivity contribution in [1.29, 1.82) is 10.5 Å². The van der Waals surface area contributed by atoms with Crippen molar-refractivity contribution in [3.05, 3.63) is 35.9 Å². The van der Waals surface area contributed by atoms with Crippen LogP contribution in [0.1, 0.15) is 52.0 Å². The van der Waals surface area contributed by atoms with Crippen LogP contribution >= 0.6 is 0 Å². The monoisotopic (exact) mass is 282 g/mol. The van der Waals surface area contributed by atoms with Crippen molar-refractivity contribution in [1.82, 2.24) is 0 Å². The number of nitriles is 2. The number of hydrogen-bond donors (Lipinski definition) is 0. The fraction of sp³-hybridized carbons (Fsp3) is 0.529. The summed E-state index contributed by atoms with van der Waals surface area (Å²) in [6.07, 6.45) is 1.80. The highest BCUT2D eigenvalue weighted by Gasteiger charge is 2.36. The Balaban J connectivity index is 3.20. The van der Waals surface area contributed by atoms with Crippen molar-refractivity contribution in [3.8, 4) is 12.1 Å². The molecule has 0 saturated heterocycles. The van der Waals surface area contributed by atoms with Gasteiger partial charge in [-0.05, 0) is 32.8 Å². The molecule has 21 heavy (non-hydrogen) atoms. The highest BCUT2D eigenvalue weighted by atomic mass is 15.2. The Hall–Kier alpha value is -2.20. The molecule has 0 aliphatic heterocycles. The number of hydrogen-bond acceptors (Lipinski definition) is 4. The van der Waals surface area contributed by atoms with Gasteiger partial charge in [0.25, 0.3) is 0 Å². The molecule has 1 rings (SSSR count). The van der Waals surface area contributed by atoms with E-state index in [4.69, 9.17) is 5.26 Å². The number of benzene rings is 1. The van der Waals surface area contributed by atoms with E-state index < -0.39 is 11.1 Å². The molecule has 0 N–H and O–H groups in total. The van der Waals surface area contributed by atoms with Gasteiger partial charge in [0.1, 0.15) is 0 Å². The van der Waals surface area contributed by atoms with Crippen LogP contribution in [-0.4, -0.2) is 11.1 Å². The summed E-state index contributed by atoms with van der Waals surface area (Å²) in [5, 5.41) is 27.0. The third-order valence-corrected chi connectivity index (χ3v) is 3.47. The van der Waals surface area contributed by atoms with Crippen LogP contribution in [0.2, 0.25) is 0 Å². The summed E-state index contributed by atoms with van der Waals surface area (Å²) >= 11 is 0. The van der Waals surface area contributed by atoms with E-state index in [1.807, 2.05) is 30.3 Å². The van der Waals surface area contributed by atoms with Crippen molar-refractivity contribution in [2.24, 2.45) is 10.2 Å². The molecule has 0 fully saturated rings. The van der Waals surface area contributed by atoms with Crippen molar-refractivity contribution in [3.63, 3.8) is 0 Å². The molecule has 4 nitrogen and oxygen atoms in total. The van der Waals surface area contributed by atoms with Crippen LogP contribution in [0.3, 0.4) is 0 Å². The molecule has 1 aromatic rings. The van der Waals surface area contributed by atoms with E-state index in [0.717, 1.165) is 18.4 Å². The van der Waals surface area contributed by atoms with E-state index in [0.29, 0.717) is 0 Å². The number of nitrogens with zero attached hydrogens (tertiary/aromatic N) is 4. The first kappa shape index (κ1) is 16.9. The second-order valence-electron chi connectivity index (χ2n) is 5.88. The quantitative estimate of drug-likeness (QED) is 0.715. The molecule has 1 aromatic carbocycles. The molecule has 0 aromatic heterocycles. The molecular formula is C17H22N4. The molecule has 2 atom stereocenters. The summed E-state index contributed by atoms with van der Waals surface area (Å²) in [6, 6.07) is 14.3. The predicted octanol–water partition coefficient (Wildman–Crippen LogP) is 4.61. The van der Waals surface area contributed by atoms with Crippen LogP contribution in [0.25, 0.3) is 0 Å². The maximum Gasteiger partial charge on any atom is 0.171 e. The zero-order valence-corrected chi connectivity index (χ0v) is 13.2. The smallest absolute Gasteiger partial charge is 0.171 e. The SMILES string of the molecule is CCCC(c1ccccc1)C(C)(C#N)N=NC(C)(C)C#N. The molecule has 0 aliphatic carbocycles. The van der Waals surface area contributed by atoms with E-state index in [9.17, 15) is 5.26 Å². The minimum Gasteiger partial charge on any atom is -0.196 e. The Kier molecular flexibility index (Phi) is 5.61. The fourth-order valence-corrected chi connectivity index (χ4v) is 2.17. The average molecular weight is 282 g/mol. The van der Waals surface area contributed by atoms with E-state index in [1.54, 1.807) is 20.8 Å². The summed E-state index contributed by atoms with van der Waals surface area (Å²) in [4.78, 5) is 0. The van der Waals surface area contributed by atoms with Crippen LogP contribution in [0, 0.1) is 22.7 Å². The van der Waals surface area contributed by atoms with Gasteiger partial charge < -0.3 is 0 Å². The van der Waals surface area contributed by atoms with Gasteiger partial charge in [-0.3, -0.25) is 0 Å². The molecule has 0 amide bonds. The lowest BCUT2D eigenvalue weighted by atomic mass is 9.79. The number of azo groups is 1. The second kappa shape index (κ2) is 6.99. The van der Waals surface area contributed by atoms with E-state index in [1.165, 1.54) is 0 Å². The largest absolute Gasteiger partial charge is 0.196 e. The van der Waals surface area contributed by atoms with Gasteiger partial charge in [0, 0.05) is 5.92 Å². The molecule has 110 valence electrons. The van der Waals surface area contributed by atoms with Gasteiger partial charge in [-0.1, -0.05) is 43.7 Å². The van der Waals surface area contributed by atoms with Crippen LogP contribution in [-0.2, 0) is 0 Å². The molecular weight excluding hydrogens is 260 g/mol. The first-order chi connectivity index (χ1) is 9.88. The van der Waals surface area contributed by atoms with Gasteiger partial charge in [-0.15, -0.1) is 0 Å². The van der Waals surface area contributed by atoms with Crippen molar-refractivity contribution in [2.75, 3.05) is 0 Å². The fourth-order valence-electron chi connectivity index (χ4n) is 2.17. The van der Waals surface area contributed by atoms with E-state index in [-0.39, 0.29) is 5.92 Å². The molecule has 0 aliphatic rings. The maximum absolute atomic E-state index is 9.63. The maximum atomic E-state index is 9.63. The average Bonchev–Trinajstić information content (AvgIpc) is 2.51. The van der Waals surface area contributed by atoms with E-state index >= 15 is 0 Å². The van der Waals surface area contributed by atoms with E-state index in [2.05, 4.69) is 29.3 Å². The zero-order valence-electron chi connectivity index (χ0n) is 13.2. The van der Waals surface area contributed by atoms with Crippen molar-refractivity contribution in [2.45, 2.75) is 57.5 Å². The zero-order chi connectivity index (χ0) is 15.9. The normalized spacial score (nSPS) is 15.9. The van der Waals surface area contributed by atoms with Gasteiger partial charge in [-0.25, -0.2) is 0 Å². The Morgan fingerprint density at radius 3 is 2.14 bits per heavy atom. The van der Waals surface area contributed by atoms with Gasteiger partial charge in [0.05, 0.1) is 12.1 Å². The Morgan fingerprint density at radius 1 is 1.05 bits per heavy atom. The molecule has 0 bridgehead atoms. The molecule has 2 unspecified atom stereocenters. The second-order valence-corrected chi connectivity index (χ2v) is 5.88. The lowest BCUT2D eigenvalue weighted by Crippen LogP contribution is -2.30. The lowest BCUT2D eigenvalue weighted by molar-refractivity contribution is 0.408.